The van der Waals surface area contributed by atoms with E-state index >= 15 is 0 Å². The fourth-order valence-corrected chi connectivity index (χ4v) is 5.64. The fourth-order valence-electron chi connectivity index (χ4n) is 3.36. The summed E-state index contributed by atoms with van der Waals surface area (Å²) in [5.41, 5.74) is -0.230. The molecule has 1 heterocycles. The fraction of sp³-hybridized carbons (Fsp3) is 0.316. The molecule has 162 valence electrons. The van der Waals surface area contributed by atoms with Crippen LogP contribution in [-0.4, -0.2) is 49.3 Å². The summed E-state index contributed by atoms with van der Waals surface area (Å²) < 4.78 is 41.7. The zero-order valence-electron chi connectivity index (χ0n) is 15.6. The lowest BCUT2D eigenvalue weighted by molar-refractivity contribution is 0.125. The topological polar surface area (TPSA) is 98.2 Å². The highest BCUT2D eigenvalue weighted by Gasteiger charge is 2.33. The number of phenolic OH excluding ortho intramolecular Hbond substituents is 1. The number of carbonyl (C=O) groups is 1. The van der Waals surface area contributed by atoms with E-state index in [2.05, 4.69) is 0 Å². The number of hydrogen-bond acceptors (Lipinski definition) is 4. The first-order valence-corrected chi connectivity index (χ1v) is 11.2. The molecule has 7 nitrogen and oxygen atoms in total. The Morgan fingerprint density at radius 3 is 2.47 bits per heavy atom. The van der Waals surface area contributed by atoms with E-state index in [1.165, 1.54) is 23.1 Å². The zero-order chi connectivity index (χ0) is 22.1. The Morgan fingerprint density at radius 1 is 1.17 bits per heavy atom. The van der Waals surface area contributed by atoms with Gasteiger partial charge in [-0.1, -0.05) is 23.2 Å². The minimum absolute atomic E-state index is 0.0685. The summed E-state index contributed by atoms with van der Waals surface area (Å²) in [7, 11) is -4.32. The number of sulfonamides is 1. The van der Waals surface area contributed by atoms with Crippen LogP contribution in [0.2, 0.25) is 10.0 Å². The van der Waals surface area contributed by atoms with Crippen LogP contribution in [-0.2, 0) is 10.0 Å². The molecule has 0 saturated carbocycles. The van der Waals surface area contributed by atoms with Gasteiger partial charge >= 0.3 is 6.09 Å². The molecule has 11 heteroatoms. The molecular formula is C19H19Cl2FN2O5S. The molecule has 0 atom stereocenters. The van der Waals surface area contributed by atoms with Crippen LogP contribution in [0.5, 0.6) is 5.75 Å². The molecule has 2 N–H and O–H groups in total. The Balaban J connectivity index is 2.01. The second-order valence-corrected chi connectivity index (χ2v) is 9.63. The van der Waals surface area contributed by atoms with Gasteiger partial charge in [0.05, 0.1) is 10.7 Å². The maximum absolute atomic E-state index is 13.9. The van der Waals surface area contributed by atoms with E-state index in [0.717, 1.165) is 22.5 Å². The maximum atomic E-state index is 13.9. The molecule has 1 amide bonds. The number of nitrogens with zero attached hydrogens (tertiary/aromatic N) is 2. The van der Waals surface area contributed by atoms with E-state index in [9.17, 15) is 22.7 Å². The second-order valence-electron chi connectivity index (χ2n) is 6.96. The van der Waals surface area contributed by atoms with Crippen LogP contribution in [0, 0.1) is 11.7 Å². The molecule has 0 spiro atoms. The first-order valence-electron chi connectivity index (χ1n) is 9.04. The van der Waals surface area contributed by atoms with Gasteiger partial charge in [0.1, 0.15) is 16.5 Å². The third-order valence-electron chi connectivity index (χ3n) is 4.98. The van der Waals surface area contributed by atoms with Crippen LogP contribution < -0.4 is 4.31 Å². The van der Waals surface area contributed by atoms with Crippen molar-refractivity contribution in [1.29, 1.82) is 0 Å². The second kappa shape index (κ2) is 8.87. The number of anilines is 1. The summed E-state index contributed by atoms with van der Waals surface area (Å²) in [4.78, 5) is 12.1. The summed E-state index contributed by atoms with van der Waals surface area (Å²) >= 11 is 12.1. The van der Waals surface area contributed by atoms with Gasteiger partial charge in [0.25, 0.3) is 10.0 Å². The number of rotatable bonds is 5. The SMILES string of the molecule is O=C(O)N1CCC(CN(c2cc(F)ccc2O)S(=O)(=O)c2cc(Cl)ccc2Cl)CC1. The van der Waals surface area contributed by atoms with Crippen LogP contribution in [0.3, 0.4) is 0 Å². The highest BCUT2D eigenvalue weighted by atomic mass is 35.5. The van der Waals surface area contributed by atoms with Gasteiger partial charge in [-0.15, -0.1) is 0 Å². The molecule has 30 heavy (non-hydrogen) atoms. The Morgan fingerprint density at radius 2 is 1.83 bits per heavy atom. The van der Waals surface area contributed by atoms with Crippen LogP contribution in [0.1, 0.15) is 12.8 Å². The summed E-state index contributed by atoms with van der Waals surface area (Å²) in [6.07, 6.45) is -0.207. The average molecular weight is 477 g/mol. The monoisotopic (exact) mass is 476 g/mol. The van der Waals surface area contributed by atoms with Gasteiger partial charge in [-0.05, 0) is 49.1 Å². The molecule has 2 aromatic rings. The highest BCUT2D eigenvalue weighted by molar-refractivity contribution is 7.93. The van der Waals surface area contributed by atoms with Crippen LogP contribution >= 0.6 is 23.2 Å². The molecule has 0 aromatic heterocycles. The number of piperidine rings is 1. The largest absolute Gasteiger partial charge is 0.506 e. The number of phenols is 1. The van der Waals surface area contributed by atoms with Gasteiger partial charge in [0.2, 0.25) is 0 Å². The predicted molar refractivity (Wildman–Crippen MR) is 111 cm³/mol. The van der Waals surface area contributed by atoms with E-state index in [4.69, 9.17) is 28.3 Å². The van der Waals surface area contributed by atoms with E-state index in [1.807, 2.05) is 0 Å². The summed E-state index contributed by atoms with van der Waals surface area (Å²) in [6, 6.07) is 6.98. The number of benzene rings is 2. The maximum Gasteiger partial charge on any atom is 0.407 e. The predicted octanol–water partition coefficient (Wildman–Crippen LogP) is 4.42. The molecule has 2 aromatic carbocycles. The van der Waals surface area contributed by atoms with Gasteiger partial charge in [-0.3, -0.25) is 4.31 Å². The van der Waals surface area contributed by atoms with Gasteiger partial charge in [0, 0.05) is 30.7 Å². The van der Waals surface area contributed by atoms with Crippen molar-refractivity contribution in [2.75, 3.05) is 23.9 Å². The molecule has 0 bridgehead atoms. The lowest BCUT2D eigenvalue weighted by atomic mass is 9.97. The van der Waals surface area contributed by atoms with Gasteiger partial charge in [0.15, 0.2) is 0 Å². The van der Waals surface area contributed by atoms with Crippen molar-refractivity contribution in [3.8, 4) is 5.75 Å². The Labute approximate surface area is 183 Å². The molecule has 0 radical (unpaired) electrons. The highest BCUT2D eigenvalue weighted by Crippen LogP contribution is 2.37. The lowest BCUT2D eigenvalue weighted by Crippen LogP contribution is -2.42. The van der Waals surface area contributed by atoms with Crippen LogP contribution in [0.15, 0.2) is 41.3 Å². The minimum atomic E-state index is -4.32. The lowest BCUT2D eigenvalue weighted by Gasteiger charge is -2.34. The quantitative estimate of drug-likeness (QED) is 0.665. The van der Waals surface area contributed by atoms with Crippen molar-refractivity contribution < 1.29 is 27.8 Å². The number of halogens is 3. The van der Waals surface area contributed by atoms with Crippen LogP contribution in [0.25, 0.3) is 0 Å². The Bertz CT molecular complexity index is 1060. The molecular weight excluding hydrogens is 458 g/mol. The third-order valence-corrected chi connectivity index (χ3v) is 7.47. The molecule has 1 aliphatic heterocycles. The molecule has 1 saturated heterocycles. The summed E-state index contributed by atoms with van der Waals surface area (Å²) in [6.45, 7) is 0.414. The van der Waals surface area contributed by atoms with E-state index in [-0.39, 0.29) is 46.2 Å². The molecule has 3 rings (SSSR count). The van der Waals surface area contributed by atoms with Crippen molar-refractivity contribution in [2.45, 2.75) is 17.7 Å². The zero-order valence-corrected chi connectivity index (χ0v) is 18.0. The van der Waals surface area contributed by atoms with Crippen molar-refractivity contribution >= 4 is 45.0 Å². The van der Waals surface area contributed by atoms with Gasteiger partial charge in [-0.2, -0.15) is 0 Å². The minimum Gasteiger partial charge on any atom is -0.506 e. The first kappa shape index (κ1) is 22.5. The van der Waals surface area contributed by atoms with Crippen molar-refractivity contribution in [3.63, 3.8) is 0 Å². The van der Waals surface area contributed by atoms with Gasteiger partial charge in [-0.25, -0.2) is 17.6 Å². The standard InChI is InChI=1S/C19H19Cl2FN2O5S/c20-13-1-3-15(21)18(9-13)30(28,29)24(16-10-14(22)2-4-17(16)25)11-12-5-7-23(8-6-12)19(26)27/h1-4,9-10,12,25H,5-8,11H2,(H,26,27). The average Bonchev–Trinajstić information content (AvgIpc) is 2.70. The number of likely N-dealkylation sites (tertiary alicyclic amines) is 1. The van der Waals surface area contributed by atoms with E-state index in [1.54, 1.807) is 0 Å². The summed E-state index contributed by atoms with van der Waals surface area (Å²) in [5.74, 6) is -1.35. The smallest absolute Gasteiger partial charge is 0.407 e. The van der Waals surface area contributed by atoms with Crippen LogP contribution in [0.4, 0.5) is 14.9 Å². The summed E-state index contributed by atoms with van der Waals surface area (Å²) in [5, 5.41) is 19.5. The van der Waals surface area contributed by atoms with Crippen molar-refractivity contribution in [3.05, 3.63) is 52.3 Å². The number of aromatic hydroxyl groups is 1. The van der Waals surface area contributed by atoms with Crippen molar-refractivity contribution in [2.24, 2.45) is 5.92 Å². The first-order chi connectivity index (χ1) is 14.1. The van der Waals surface area contributed by atoms with E-state index in [0.29, 0.717) is 12.8 Å². The normalized spacial score (nSPS) is 15.2. The molecule has 1 aliphatic rings. The van der Waals surface area contributed by atoms with E-state index < -0.39 is 27.7 Å². The Kier molecular flexibility index (Phi) is 6.64. The third kappa shape index (κ3) is 4.74. The van der Waals surface area contributed by atoms with Gasteiger partial charge < -0.3 is 15.1 Å². The molecule has 0 aliphatic carbocycles. The number of amides is 1. The number of carboxylic acid groups (broad SMARTS) is 1. The molecule has 1 fully saturated rings. The van der Waals surface area contributed by atoms with Crippen molar-refractivity contribution in [1.82, 2.24) is 4.90 Å². The number of hydrogen-bond donors (Lipinski definition) is 2. The molecule has 0 unspecified atom stereocenters. The Hall–Kier alpha value is -2.23.